The van der Waals surface area contributed by atoms with Crippen molar-refractivity contribution in [2.24, 2.45) is 0 Å². The van der Waals surface area contributed by atoms with Crippen LogP contribution < -0.4 is 15.5 Å². The van der Waals surface area contributed by atoms with Crippen LogP contribution in [-0.2, 0) is 11.2 Å². The number of hydrogen-bond donors (Lipinski definition) is 1. The summed E-state index contributed by atoms with van der Waals surface area (Å²) in [5.41, 5.74) is 8.92. The lowest BCUT2D eigenvalue weighted by Crippen LogP contribution is -2.49. The lowest BCUT2D eigenvalue weighted by atomic mass is 9.99. The fourth-order valence-corrected chi connectivity index (χ4v) is 6.15. The Morgan fingerprint density at radius 1 is 1.03 bits per heavy atom. The summed E-state index contributed by atoms with van der Waals surface area (Å²) in [4.78, 5) is 26.2. The molecule has 1 aliphatic carbocycles. The van der Waals surface area contributed by atoms with Gasteiger partial charge in [0.2, 0.25) is 11.9 Å². The maximum atomic E-state index is 5.76. The summed E-state index contributed by atoms with van der Waals surface area (Å²) in [6.07, 6.45) is 11.2. The van der Waals surface area contributed by atoms with Crippen LogP contribution in [0.1, 0.15) is 44.6 Å². The minimum Gasteiger partial charge on any atom is -0.378 e. The summed E-state index contributed by atoms with van der Waals surface area (Å²) < 4.78 is 5.57. The largest absolute Gasteiger partial charge is 0.378 e. The zero-order valence-corrected chi connectivity index (χ0v) is 19.5. The summed E-state index contributed by atoms with van der Waals surface area (Å²) in [5, 5.41) is 0. The topological polar surface area (TPSA) is 96.5 Å². The third-order valence-corrected chi connectivity index (χ3v) is 8.03. The van der Waals surface area contributed by atoms with E-state index in [2.05, 4.69) is 31.6 Å². The van der Waals surface area contributed by atoms with E-state index >= 15 is 0 Å². The number of likely N-dealkylation sites (tertiary alicyclic amines) is 1. The Morgan fingerprint density at radius 3 is 2.55 bits per heavy atom. The number of rotatable bonds is 4. The predicted octanol–water partition coefficient (Wildman–Crippen LogP) is 2.12. The maximum Gasteiger partial charge on any atom is 0.228 e. The normalized spacial score (nSPS) is 26.3. The Balaban J connectivity index is 1.37. The highest BCUT2D eigenvalue weighted by Gasteiger charge is 2.45. The number of hydrogen-bond acceptors (Lipinski definition) is 9. The molecule has 9 nitrogen and oxygen atoms in total. The van der Waals surface area contributed by atoms with Gasteiger partial charge in [0.05, 0.1) is 24.4 Å². The summed E-state index contributed by atoms with van der Waals surface area (Å²) >= 11 is 0. The molecule has 6 rings (SSSR count). The molecule has 0 unspecified atom stereocenters. The van der Waals surface area contributed by atoms with Gasteiger partial charge in [-0.1, -0.05) is 12.8 Å². The fourth-order valence-electron chi connectivity index (χ4n) is 6.15. The molecule has 0 amide bonds. The van der Waals surface area contributed by atoms with E-state index in [1.165, 1.54) is 44.2 Å². The standard InChI is InChI=1S/C24H34N8O/c1-24(7-9-31(16-24)18-4-2-3-5-18)32-8-6-19-20(17-14-26-22(25)27-15-17)28-23(29-21(19)32)30-10-12-33-13-11-30/h14-15,18H,2-13,16H2,1H3,(H2,25,26,27)/t24-/m0/s1. The van der Waals surface area contributed by atoms with Gasteiger partial charge in [-0.05, 0) is 32.6 Å². The number of nitrogens with zero attached hydrogens (tertiary/aromatic N) is 7. The van der Waals surface area contributed by atoms with E-state index < -0.39 is 0 Å². The van der Waals surface area contributed by atoms with Gasteiger partial charge in [0.25, 0.3) is 0 Å². The predicted molar refractivity (Wildman–Crippen MR) is 128 cm³/mol. The second-order valence-corrected chi connectivity index (χ2v) is 10.2. The van der Waals surface area contributed by atoms with Gasteiger partial charge >= 0.3 is 0 Å². The van der Waals surface area contributed by atoms with Crippen LogP contribution in [-0.4, -0.2) is 82.4 Å². The highest BCUT2D eigenvalue weighted by molar-refractivity contribution is 5.73. The molecular weight excluding hydrogens is 416 g/mol. The zero-order valence-electron chi connectivity index (χ0n) is 19.5. The minimum absolute atomic E-state index is 0.0966. The molecule has 2 aromatic heterocycles. The van der Waals surface area contributed by atoms with Gasteiger partial charge in [-0.2, -0.15) is 4.98 Å². The molecule has 176 valence electrons. The molecule has 3 fully saturated rings. The van der Waals surface area contributed by atoms with E-state index in [-0.39, 0.29) is 11.5 Å². The van der Waals surface area contributed by atoms with Crippen molar-refractivity contribution in [1.82, 2.24) is 24.8 Å². The average molecular weight is 451 g/mol. The highest BCUT2D eigenvalue weighted by Crippen LogP contribution is 2.42. The Morgan fingerprint density at radius 2 is 1.79 bits per heavy atom. The van der Waals surface area contributed by atoms with Crippen molar-refractivity contribution in [1.29, 1.82) is 0 Å². The van der Waals surface area contributed by atoms with Gasteiger partial charge in [0, 0.05) is 62.3 Å². The van der Waals surface area contributed by atoms with Crippen LogP contribution in [0.4, 0.5) is 17.7 Å². The van der Waals surface area contributed by atoms with Gasteiger partial charge < -0.3 is 20.3 Å². The smallest absolute Gasteiger partial charge is 0.228 e. The molecule has 0 radical (unpaired) electrons. The highest BCUT2D eigenvalue weighted by atomic mass is 16.5. The number of anilines is 3. The molecule has 33 heavy (non-hydrogen) atoms. The number of morpholine rings is 1. The fraction of sp³-hybridized carbons (Fsp3) is 0.667. The summed E-state index contributed by atoms with van der Waals surface area (Å²) in [7, 11) is 0. The van der Waals surface area contributed by atoms with Gasteiger partial charge in [0.15, 0.2) is 0 Å². The molecular formula is C24H34N8O. The molecule has 4 aliphatic rings. The van der Waals surface area contributed by atoms with E-state index in [0.29, 0.717) is 13.2 Å². The molecule has 0 aromatic carbocycles. The third-order valence-electron chi connectivity index (χ3n) is 8.03. The molecule has 2 saturated heterocycles. The number of nitrogen functional groups attached to an aromatic ring is 1. The van der Waals surface area contributed by atoms with Crippen LogP contribution in [0.3, 0.4) is 0 Å². The summed E-state index contributed by atoms with van der Waals surface area (Å²) in [6, 6.07) is 0.769. The van der Waals surface area contributed by atoms with Gasteiger partial charge in [-0.3, -0.25) is 4.90 Å². The van der Waals surface area contributed by atoms with Crippen molar-refractivity contribution < 1.29 is 4.74 Å². The Labute approximate surface area is 195 Å². The Hall–Kier alpha value is -2.52. The number of aromatic nitrogens is 4. The first kappa shape index (κ1) is 21.0. The van der Waals surface area contributed by atoms with Crippen molar-refractivity contribution in [2.45, 2.75) is 57.0 Å². The zero-order chi connectivity index (χ0) is 22.4. The molecule has 2 N–H and O–H groups in total. The van der Waals surface area contributed by atoms with Crippen molar-refractivity contribution in [3.05, 3.63) is 18.0 Å². The van der Waals surface area contributed by atoms with Crippen LogP contribution in [0.15, 0.2) is 12.4 Å². The number of fused-ring (bicyclic) bond motifs is 1. The maximum absolute atomic E-state index is 5.76. The average Bonchev–Trinajstić information content (AvgIpc) is 3.60. The van der Waals surface area contributed by atoms with Crippen LogP contribution in [0.2, 0.25) is 0 Å². The quantitative estimate of drug-likeness (QED) is 0.751. The molecule has 2 aromatic rings. The first-order valence-electron chi connectivity index (χ1n) is 12.4. The summed E-state index contributed by atoms with van der Waals surface area (Å²) in [5.74, 6) is 2.16. The molecule has 1 atom stereocenters. The molecule has 9 heteroatoms. The van der Waals surface area contributed by atoms with Crippen molar-refractivity contribution in [2.75, 3.05) is 61.5 Å². The molecule has 1 saturated carbocycles. The van der Waals surface area contributed by atoms with Crippen molar-refractivity contribution >= 4 is 17.7 Å². The lowest BCUT2D eigenvalue weighted by Gasteiger charge is -2.38. The molecule has 3 aliphatic heterocycles. The second-order valence-electron chi connectivity index (χ2n) is 10.2. The third kappa shape index (κ3) is 3.81. The van der Waals surface area contributed by atoms with Gasteiger partial charge in [-0.15, -0.1) is 0 Å². The molecule has 0 spiro atoms. The first-order chi connectivity index (χ1) is 16.1. The first-order valence-corrected chi connectivity index (χ1v) is 12.4. The van der Waals surface area contributed by atoms with Crippen LogP contribution in [0.25, 0.3) is 11.3 Å². The Bertz CT molecular complexity index is 1000. The van der Waals surface area contributed by atoms with Crippen LogP contribution >= 0.6 is 0 Å². The monoisotopic (exact) mass is 450 g/mol. The minimum atomic E-state index is 0.0966. The van der Waals surface area contributed by atoms with E-state index in [1.54, 1.807) is 12.4 Å². The van der Waals surface area contributed by atoms with E-state index in [0.717, 1.165) is 61.7 Å². The SMILES string of the molecule is C[C@]1(N2CCc3c(-c4cnc(N)nc4)nc(N4CCOCC4)nc32)CCN(C2CCCC2)C1. The van der Waals surface area contributed by atoms with E-state index in [9.17, 15) is 0 Å². The lowest BCUT2D eigenvalue weighted by molar-refractivity contribution is 0.122. The summed E-state index contributed by atoms with van der Waals surface area (Å²) in [6.45, 7) is 8.75. The van der Waals surface area contributed by atoms with Crippen LogP contribution in [0.5, 0.6) is 0 Å². The van der Waals surface area contributed by atoms with E-state index in [1.807, 2.05) is 0 Å². The van der Waals surface area contributed by atoms with Crippen molar-refractivity contribution in [3.63, 3.8) is 0 Å². The second kappa shape index (κ2) is 8.36. The number of ether oxygens (including phenoxy) is 1. The van der Waals surface area contributed by atoms with Gasteiger partial charge in [-0.25, -0.2) is 15.0 Å². The van der Waals surface area contributed by atoms with E-state index in [4.69, 9.17) is 20.4 Å². The van der Waals surface area contributed by atoms with Gasteiger partial charge in [0.1, 0.15) is 5.82 Å². The Kier molecular flexibility index (Phi) is 5.33. The van der Waals surface area contributed by atoms with Crippen molar-refractivity contribution in [3.8, 4) is 11.3 Å². The number of nitrogens with two attached hydrogens (primary N) is 1. The van der Waals surface area contributed by atoms with Crippen LogP contribution in [0, 0.1) is 0 Å². The molecule has 5 heterocycles. The molecule has 0 bridgehead atoms.